The summed E-state index contributed by atoms with van der Waals surface area (Å²) in [5, 5.41) is 9.81. The van der Waals surface area contributed by atoms with Gasteiger partial charge < -0.3 is 9.84 Å². The first-order chi connectivity index (χ1) is 10.0. The van der Waals surface area contributed by atoms with Gasteiger partial charge in [-0.25, -0.2) is 0 Å². The zero-order valence-electron chi connectivity index (χ0n) is 13.8. The van der Waals surface area contributed by atoms with E-state index in [0.29, 0.717) is 12.6 Å². The van der Waals surface area contributed by atoms with E-state index >= 15 is 0 Å². The van der Waals surface area contributed by atoms with Crippen molar-refractivity contribution in [1.29, 1.82) is 0 Å². The molecule has 1 aliphatic carbocycles. The molecule has 3 nitrogen and oxygen atoms in total. The lowest BCUT2D eigenvalue weighted by Gasteiger charge is -2.27. The van der Waals surface area contributed by atoms with Crippen molar-refractivity contribution in [2.75, 3.05) is 13.2 Å². The Morgan fingerprint density at radius 2 is 2.00 bits per heavy atom. The van der Waals surface area contributed by atoms with E-state index in [1.54, 1.807) is 0 Å². The Morgan fingerprint density at radius 3 is 2.52 bits per heavy atom. The van der Waals surface area contributed by atoms with Gasteiger partial charge in [-0.3, -0.25) is 4.90 Å². The van der Waals surface area contributed by atoms with Gasteiger partial charge in [0.15, 0.2) is 0 Å². The maximum absolute atomic E-state index is 9.81. The van der Waals surface area contributed by atoms with Crippen LogP contribution in [0.15, 0.2) is 18.2 Å². The van der Waals surface area contributed by atoms with Crippen LogP contribution in [0, 0.1) is 5.92 Å². The topological polar surface area (TPSA) is 32.7 Å². The van der Waals surface area contributed by atoms with Crippen LogP contribution in [-0.2, 0) is 6.54 Å². The molecule has 1 saturated carbocycles. The second kappa shape index (κ2) is 7.28. The summed E-state index contributed by atoms with van der Waals surface area (Å²) in [6.07, 6.45) is 2.31. The molecule has 3 heteroatoms. The van der Waals surface area contributed by atoms with Crippen molar-refractivity contribution in [2.24, 2.45) is 5.92 Å². The molecule has 118 valence electrons. The number of nitrogens with zero attached hydrogens (tertiary/aromatic N) is 1. The van der Waals surface area contributed by atoms with Gasteiger partial charge in [0.1, 0.15) is 5.75 Å². The van der Waals surface area contributed by atoms with Crippen LogP contribution in [0.2, 0.25) is 0 Å². The van der Waals surface area contributed by atoms with Crippen LogP contribution >= 0.6 is 0 Å². The van der Waals surface area contributed by atoms with Crippen molar-refractivity contribution in [1.82, 2.24) is 4.90 Å². The number of hydrogen-bond acceptors (Lipinski definition) is 3. The van der Waals surface area contributed by atoms with Crippen LogP contribution in [-0.4, -0.2) is 29.2 Å². The third kappa shape index (κ3) is 4.72. The third-order valence-electron chi connectivity index (χ3n) is 4.16. The highest BCUT2D eigenvalue weighted by atomic mass is 16.5. The summed E-state index contributed by atoms with van der Waals surface area (Å²) in [6.45, 7) is 11.1. The molecule has 1 N–H and O–H groups in total. The maximum Gasteiger partial charge on any atom is 0.123 e. The lowest BCUT2D eigenvalue weighted by molar-refractivity contribution is 0.194. The number of benzene rings is 1. The zero-order chi connectivity index (χ0) is 15.4. The minimum atomic E-state index is -0.435. The molecule has 1 aromatic rings. The predicted molar refractivity (Wildman–Crippen MR) is 86.5 cm³/mol. The largest absolute Gasteiger partial charge is 0.494 e. The van der Waals surface area contributed by atoms with Gasteiger partial charge in [-0.2, -0.15) is 0 Å². The summed E-state index contributed by atoms with van der Waals surface area (Å²) in [6, 6.07) is 6.57. The molecule has 2 rings (SSSR count). The van der Waals surface area contributed by atoms with Gasteiger partial charge in [0, 0.05) is 24.7 Å². The Balaban J connectivity index is 2.18. The van der Waals surface area contributed by atoms with Gasteiger partial charge >= 0.3 is 0 Å². The summed E-state index contributed by atoms with van der Waals surface area (Å²) in [7, 11) is 0. The van der Waals surface area contributed by atoms with Crippen LogP contribution in [0.3, 0.4) is 0 Å². The fourth-order valence-corrected chi connectivity index (χ4v) is 2.59. The molecular weight excluding hydrogens is 262 g/mol. The lowest BCUT2D eigenvalue weighted by Crippen LogP contribution is -2.32. The van der Waals surface area contributed by atoms with E-state index in [0.717, 1.165) is 23.8 Å². The highest BCUT2D eigenvalue weighted by Gasteiger charge is 2.26. The van der Waals surface area contributed by atoms with E-state index in [4.69, 9.17) is 4.74 Å². The Kier molecular flexibility index (Phi) is 5.65. The van der Waals surface area contributed by atoms with E-state index in [1.807, 2.05) is 26.0 Å². The van der Waals surface area contributed by atoms with E-state index in [9.17, 15) is 5.11 Å². The van der Waals surface area contributed by atoms with Gasteiger partial charge in [-0.1, -0.05) is 6.07 Å². The molecule has 21 heavy (non-hydrogen) atoms. The van der Waals surface area contributed by atoms with Crippen molar-refractivity contribution in [3.8, 4) is 5.75 Å². The highest BCUT2D eigenvalue weighted by molar-refractivity contribution is 5.38. The summed E-state index contributed by atoms with van der Waals surface area (Å²) in [5.41, 5.74) is 2.15. The molecule has 0 aliphatic heterocycles. The number of hydrogen-bond donors (Lipinski definition) is 1. The van der Waals surface area contributed by atoms with Crippen molar-refractivity contribution >= 4 is 0 Å². The SMILES string of the molecule is CCOc1ccc(C(C)O)cc1CN(CC1CC1)C(C)C. The van der Waals surface area contributed by atoms with Crippen LogP contribution < -0.4 is 4.74 Å². The zero-order valence-corrected chi connectivity index (χ0v) is 13.8. The molecule has 0 radical (unpaired) electrons. The molecule has 0 heterocycles. The average Bonchev–Trinajstić information content (AvgIpc) is 3.23. The molecule has 0 aromatic heterocycles. The Bertz CT molecular complexity index is 453. The number of ether oxygens (including phenoxy) is 1. The molecule has 1 unspecified atom stereocenters. The van der Waals surface area contributed by atoms with Crippen molar-refractivity contribution in [3.05, 3.63) is 29.3 Å². The van der Waals surface area contributed by atoms with Crippen LogP contribution in [0.25, 0.3) is 0 Å². The van der Waals surface area contributed by atoms with E-state index in [-0.39, 0.29) is 0 Å². The lowest BCUT2D eigenvalue weighted by atomic mass is 10.0. The fraction of sp³-hybridized carbons (Fsp3) is 0.667. The Hall–Kier alpha value is -1.06. The smallest absolute Gasteiger partial charge is 0.123 e. The molecule has 0 bridgehead atoms. The van der Waals surface area contributed by atoms with Gasteiger partial charge in [0.05, 0.1) is 12.7 Å². The molecule has 0 amide bonds. The number of aliphatic hydroxyl groups is 1. The van der Waals surface area contributed by atoms with Gasteiger partial charge in [-0.15, -0.1) is 0 Å². The first-order valence-electron chi connectivity index (χ1n) is 8.19. The quantitative estimate of drug-likeness (QED) is 0.791. The fourth-order valence-electron chi connectivity index (χ4n) is 2.59. The first-order valence-corrected chi connectivity index (χ1v) is 8.19. The molecule has 0 spiro atoms. The van der Waals surface area contributed by atoms with Crippen LogP contribution in [0.1, 0.15) is 57.8 Å². The normalized spacial score (nSPS) is 16.5. The van der Waals surface area contributed by atoms with E-state index < -0.39 is 6.10 Å². The van der Waals surface area contributed by atoms with Crippen LogP contribution in [0.5, 0.6) is 5.75 Å². The van der Waals surface area contributed by atoms with Crippen LogP contribution in [0.4, 0.5) is 0 Å². The third-order valence-corrected chi connectivity index (χ3v) is 4.16. The standard InChI is InChI=1S/C18H29NO2/c1-5-21-18-9-8-16(14(4)20)10-17(18)12-19(13(2)3)11-15-6-7-15/h8-10,13-15,20H,5-7,11-12H2,1-4H3. The predicted octanol–water partition coefficient (Wildman–Crippen LogP) is 3.76. The van der Waals surface area contributed by atoms with E-state index in [1.165, 1.54) is 24.9 Å². The number of rotatable bonds is 8. The molecule has 1 aromatic carbocycles. The maximum atomic E-state index is 9.81. The average molecular weight is 291 g/mol. The molecule has 1 atom stereocenters. The van der Waals surface area contributed by atoms with Crippen molar-refractivity contribution in [3.63, 3.8) is 0 Å². The molecule has 1 fully saturated rings. The monoisotopic (exact) mass is 291 g/mol. The van der Waals surface area contributed by atoms with Gasteiger partial charge in [0.2, 0.25) is 0 Å². The Morgan fingerprint density at radius 1 is 1.29 bits per heavy atom. The summed E-state index contributed by atoms with van der Waals surface area (Å²) >= 11 is 0. The summed E-state index contributed by atoms with van der Waals surface area (Å²) < 4.78 is 5.76. The minimum Gasteiger partial charge on any atom is -0.494 e. The molecular formula is C18H29NO2. The Labute approximate surface area is 128 Å². The first kappa shape index (κ1) is 16.3. The minimum absolute atomic E-state index is 0.435. The van der Waals surface area contributed by atoms with Crippen molar-refractivity contribution < 1.29 is 9.84 Å². The van der Waals surface area contributed by atoms with Gasteiger partial charge in [0.25, 0.3) is 0 Å². The molecule has 1 aliphatic rings. The molecule has 0 saturated heterocycles. The summed E-state index contributed by atoms with van der Waals surface area (Å²) in [5.74, 6) is 1.83. The second-order valence-corrected chi connectivity index (χ2v) is 6.44. The van der Waals surface area contributed by atoms with Gasteiger partial charge in [-0.05, 0) is 64.2 Å². The second-order valence-electron chi connectivity index (χ2n) is 6.44. The summed E-state index contributed by atoms with van der Waals surface area (Å²) in [4.78, 5) is 2.52. The number of aliphatic hydroxyl groups excluding tert-OH is 1. The van der Waals surface area contributed by atoms with Crippen molar-refractivity contribution in [2.45, 2.75) is 59.2 Å². The highest BCUT2D eigenvalue weighted by Crippen LogP contribution is 2.32. The van der Waals surface area contributed by atoms with E-state index in [2.05, 4.69) is 24.8 Å².